The molecule has 14 heteroatoms. The molecule has 3 aliphatic rings. The molecule has 0 unspecified atom stereocenters. The van der Waals surface area contributed by atoms with Crippen LogP contribution in [0.3, 0.4) is 0 Å². The van der Waals surface area contributed by atoms with Crippen molar-refractivity contribution in [3.63, 3.8) is 0 Å². The lowest BCUT2D eigenvalue weighted by molar-refractivity contribution is -0.000510. The molecular formula is C39H31F4N5O4S. The van der Waals surface area contributed by atoms with E-state index in [9.17, 15) is 31.9 Å². The minimum Gasteiger partial charge on any atom is -0.381 e. The molecule has 8 rings (SSSR count). The number of halogens is 4. The van der Waals surface area contributed by atoms with E-state index in [1.54, 1.807) is 48.7 Å². The number of nitrogens with zero attached hydrogens (tertiary/aromatic N) is 3. The lowest BCUT2D eigenvalue weighted by Crippen LogP contribution is -2.59. The van der Waals surface area contributed by atoms with Crippen molar-refractivity contribution in [1.29, 1.82) is 0 Å². The van der Waals surface area contributed by atoms with Crippen molar-refractivity contribution in [2.45, 2.75) is 19.3 Å². The molecule has 3 aliphatic heterocycles. The molecule has 1 spiro atoms. The van der Waals surface area contributed by atoms with Gasteiger partial charge in [0.15, 0.2) is 11.6 Å². The Balaban J connectivity index is 0.983. The fourth-order valence-electron chi connectivity index (χ4n) is 7.19. The van der Waals surface area contributed by atoms with Gasteiger partial charge in [0.2, 0.25) is 0 Å². The van der Waals surface area contributed by atoms with Crippen molar-refractivity contribution in [2.75, 3.05) is 53.3 Å². The van der Waals surface area contributed by atoms with E-state index in [2.05, 4.69) is 20.5 Å². The number of aromatic nitrogens is 1. The molecule has 3 aromatic carbocycles. The number of carbonyl (C=O) groups excluding carboxylic acids is 3. The lowest BCUT2D eigenvalue weighted by Gasteiger charge is -2.53. The number of pyridine rings is 1. The Morgan fingerprint density at radius 1 is 0.830 bits per heavy atom. The second-order valence-electron chi connectivity index (χ2n) is 13.4. The molecule has 5 heterocycles. The van der Waals surface area contributed by atoms with Gasteiger partial charge in [-0.15, -0.1) is 11.3 Å². The average Bonchev–Trinajstić information content (AvgIpc) is 3.50. The minimum atomic E-state index is -1.26. The maximum absolute atomic E-state index is 14.7. The number of fused-ring (bicyclic) bond motifs is 3. The summed E-state index contributed by atoms with van der Waals surface area (Å²) in [5.41, 5.74) is 2.11. The molecule has 3 amide bonds. The molecule has 0 aliphatic carbocycles. The number of carbonyl (C=O) groups is 3. The Bertz CT molecular complexity index is 2240. The van der Waals surface area contributed by atoms with Crippen molar-refractivity contribution >= 4 is 51.9 Å². The number of ether oxygens (including phenoxy) is 1. The Morgan fingerprint density at radius 3 is 2.30 bits per heavy atom. The second kappa shape index (κ2) is 13.7. The van der Waals surface area contributed by atoms with Crippen molar-refractivity contribution < 1.29 is 36.7 Å². The number of benzene rings is 3. The lowest BCUT2D eigenvalue weighted by atomic mass is 9.73. The number of thiophene rings is 1. The van der Waals surface area contributed by atoms with E-state index >= 15 is 0 Å². The summed E-state index contributed by atoms with van der Waals surface area (Å²) in [5.74, 6) is -5.12. The Hall–Kier alpha value is -5.60. The Labute approximate surface area is 305 Å². The van der Waals surface area contributed by atoms with Crippen LogP contribution >= 0.6 is 11.3 Å². The van der Waals surface area contributed by atoms with Gasteiger partial charge in [0.05, 0.1) is 16.1 Å². The summed E-state index contributed by atoms with van der Waals surface area (Å²) in [5, 5.41) is 5.08. The highest BCUT2D eigenvalue weighted by Crippen LogP contribution is 2.44. The molecule has 270 valence electrons. The molecule has 5 aromatic rings. The van der Waals surface area contributed by atoms with Crippen LogP contribution in [0.5, 0.6) is 0 Å². The van der Waals surface area contributed by atoms with Gasteiger partial charge in [0, 0.05) is 78.3 Å². The number of hydrogen-bond acceptors (Lipinski definition) is 7. The molecule has 2 saturated heterocycles. The van der Waals surface area contributed by atoms with E-state index < -0.39 is 40.8 Å². The molecular weight excluding hydrogens is 711 g/mol. The fraction of sp³-hybridized carbons (Fsp3) is 0.231. The van der Waals surface area contributed by atoms with Crippen LogP contribution in [0.4, 0.5) is 40.4 Å². The van der Waals surface area contributed by atoms with Gasteiger partial charge in [-0.2, -0.15) is 0 Å². The van der Waals surface area contributed by atoms with Crippen molar-refractivity contribution in [1.82, 2.24) is 4.98 Å². The Kier molecular flexibility index (Phi) is 8.95. The third-order valence-corrected chi connectivity index (χ3v) is 11.2. The first-order valence-electron chi connectivity index (χ1n) is 17.0. The summed E-state index contributed by atoms with van der Waals surface area (Å²) in [6.45, 7) is 3.26. The predicted molar refractivity (Wildman–Crippen MR) is 193 cm³/mol. The molecule has 2 N–H and O–H groups in total. The van der Waals surface area contributed by atoms with Crippen LogP contribution in [0.25, 0.3) is 10.4 Å². The van der Waals surface area contributed by atoms with Crippen LogP contribution in [0.1, 0.15) is 48.8 Å². The van der Waals surface area contributed by atoms with Gasteiger partial charge >= 0.3 is 0 Å². The monoisotopic (exact) mass is 741 g/mol. The van der Waals surface area contributed by atoms with Crippen molar-refractivity contribution in [3.05, 3.63) is 124 Å². The van der Waals surface area contributed by atoms with Crippen molar-refractivity contribution in [3.8, 4) is 10.4 Å². The van der Waals surface area contributed by atoms with Crippen LogP contribution in [0, 0.1) is 28.7 Å². The number of hydrogen-bond donors (Lipinski definition) is 2. The standard InChI is InChI=1S/C39H31F4N5O4S/c40-24-5-8-27-31(19-24)48(13-9-23-16-32(53-34(23)27)37(50)46-33-29(42)17-25(41)18-30(33)43)38(51)22-3-6-26(7-4-22)45-36(49)28-2-1-12-44-35(28)47-20-39(21-47)10-14-52-15-11-39/h1-8,12,16-19H,9-11,13-15,20-21H2,(H,45,49)(H,46,50). The third kappa shape index (κ3) is 6.64. The van der Waals surface area contributed by atoms with Crippen LogP contribution in [-0.4, -0.2) is 55.6 Å². The van der Waals surface area contributed by atoms with Crippen LogP contribution in [0.2, 0.25) is 0 Å². The Morgan fingerprint density at radius 2 is 1.57 bits per heavy atom. The van der Waals surface area contributed by atoms with Gasteiger partial charge in [-0.3, -0.25) is 14.4 Å². The third-order valence-electron chi connectivity index (χ3n) is 9.95. The molecule has 0 bridgehead atoms. The van der Waals surface area contributed by atoms with E-state index in [-0.39, 0.29) is 34.9 Å². The van der Waals surface area contributed by atoms with E-state index in [0.717, 1.165) is 50.5 Å². The van der Waals surface area contributed by atoms with Crippen molar-refractivity contribution in [2.24, 2.45) is 5.41 Å². The topological polar surface area (TPSA) is 104 Å². The second-order valence-corrected chi connectivity index (χ2v) is 14.5. The van der Waals surface area contributed by atoms with Gasteiger partial charge < -0.3 is 25.2 Å². The van der Waals surface area contributed by atoms with E-state index in [1.807, 2.05) is 0 Å². The van der Waals surface area contributed by atoms with Gasteiger partial charge in [-0.05, 0) is 85.5 Å². The SMILES string of the molecule is O=C(Nc1c(F)cc(F)cc1F)c1cc2c(s1)-c1ccc(F)cc1N(C(=O)c1ccc(NC(=O)c3cccnc3N3CC4(CCOCC4)C3)cc1)CC2. The number of nitrogens with one attached hydrogen (secondary N) is 2. The van der Waals surface area contributed by atoms with E-state index in [0.29, 0.717) is 50.8 Å². The molecule has 0 atom stereocenters. The van der Waals surface area contributed by atoms with Crippen LogP contribution in [0.15, 0.2) is 79.0 Å². The molecule has 9 nitrogen and oxygen atoms in total. The maximum Gasteiger partial charge on any atom is 0.265 e. The molecule has 0 radical (unpaired) electrons. The van der Waals surface area contributed by atoms with Gasteiger partial charge in [-0.25, -0.2) is 22.5 Å². The summed E-state index contributed by atoms with van der Waals surface area (Å²) in [6, 6.07) is 16.4. The number of amides is 3. The first kappa shape index (κ1) is 34.5. The van der Waals surface area contributed by atoms with Gasteiger partial charge in [0.25, 0.3) is 17.7 Å². The summed E-state index contributed by atoms with van der Waals surface area (Å²) >= 11 is 1.02. The van der Waals surface area contributed by atoms with Gasteiger partial charge in [-0.1, -0.05) is 0 Å². The first-order chi connectivity index (χ1) is 25.6. The summed E-state index contributed by atoms with van der Waals surface area (Å²) in [6.07, 6.45) is 3.93. The molecule has 0 saturated carbocycles. The maximum atomic E-state index is 14.7. The normalized spacial score (nSPS) is 15.9. The number of rotatable bonds is 6. The summed E-state index contributed by atoms with van der Waals surface area (Å²) in [4.78, 5) is 49.2. The highest BCUT2D eigenvalue weighted by Gasteiger charge is 2.45. The minimum absolute atomic E-state index is 0.123. The van der Waals surface area contributed by atoms with E-state index in [4.69, 9.17) is 4.74 Å². The van der Waals surface area contributed by atoms with Gasteiger partial charge in [0.1, 0.15) is 23.1 Å². The fourth-order valence-corrected chi connectivity index (χ4v) is 8.32. The molecule has 2 fully saturated rings. The quantitative estimate of drug-likeness (QED) is 0.173. The van der Waals surface area contributed by atoms with Crippen LogP contribution in [-0.2, 0) is 11.2 Å². The van der Waals surface area contributed by atoms with E-state index in [1.165, 1.54) is 23.1 Å². The number of anilines is 4. The largest absolute Gasteiger partial charge is 0.381 e. The summed E-state index contributed by atoms with van der Waals surface area (Å²) < 4.78 is 62.0. The first-order valence-corrected chi connectivity index (χ1v) is 17.8. The smallest absolute Gasteiger partial charge is 0.265 e. The highest BCUT2D eigenvalue weighted by molar-refractivity contribution is 7.17. The highest BCUT2D eigenvalue weighted by atomic mass is 32.1. The zero-order valence-electron chi connectivity index (χ0n) is 28.1. The summed E-state index contributed by atoms with van der Waals surface area (Å²) in [7, 11) is 0. The zero-order chi connectivity index (χ0) is 36.9. The van der Waals surface area contributed by atoms with Crippen LogP contribution < -0.4 is 20.4 Å². The molecule has 2 aromatic heterocycles. The zero-order valence-corrected chi connectivity index (χ0v) is 28.9. The molecule has 53 heavy (non-hydrogen) atoms. The predicted octanol–water partition coefficient (Wildman–Crippen LogP) is 7.69. The average molecular weight is 742 g/mol.